The van der Waals surface area contributed by atoms with Gasteiger partial charge in [-0.15, -0.1) is 0 Å². The highest BCUT2D eigenvalue weighted by Crippen LogP contribution is 2.50. The molecule has 2 aliphatic rings. The minimum Gasteiger partial charge on any atom is -0.481 e. The van der Waals surface area contributed by atoms with E-state index in [0.717, 1.165) is 12.8 Å². The summed E-state index contributed by atoms with van der Waals surface area (Å²) in [4.78, 5) is 24.6. The summed E-state index contributed by atoms with van der Waals surface area (Å²) in [5, 5.41) is 8.76. The molecule has 0 aromatic carbocycles. The van der Waals surface area contributed by atoms with E-state index in [0.29, 0.717) is 13.2 Å². The highest BCUT2D eigenvalue weighted by molar-refractivity contribution is 7.90. The van der Waals surface area contributed by atoms with Crippen LogP contribution in [0, 0.1) is 5.41 Å². The van der Waals surface area contributed by atoms with Gasteiger partial charge in [-0.1, -0.05) is 0 Å². The lowest BCUT2D eigenvalue weighted by Gasteiger charge is -2.33. The van der Waals surface area contributed by atoms with Crippen LogP contribution in [-0.4, -0.2) is 68.1 Å². The van der Waals surface area contributed by atoms with E-state index in [-0.39, 0.29) is 31.0 Å². The Morgan fingerprint density at radius 1 is 1.38 bits per heavy atom. The summed E-state index contributed by atoms with van der Waals surface area (Å²) in [6, 6.07) is 0. The number of carbonyl (C=O) groups is 2. The van der Waals surface area contributed by atoms with E-state index in [9.17, 15) is 18.0 Å². The Morgan fingerprint density at radius 3 is 2.57 bits per heavy atom. The molecule has 0 aromatic rings. The summed E-state index contributed by atoms with van der Waals surface area (Å²) in [7, 11) is -3.10. The number of hydrogen-bond acceptors (Lipinski definition) is 5. The average molecular weight is 319 g/mol. The molecule has 1 aliphatic carbocycles. The van der Waals surface area contributed by atoms with Gasteiger partial charge in [0, 0.05) is 25.8 Å². The van der Waals surface area contributed by atoms with Crippen LogP contribution < -0.4 is 0 Å². The average Bonchev–Trinajstić information content (AvgIpc) is 3.05. The van der Waals surface area contributed by atoms with Crippen LogP contribution in [0.3, 0.4) is 0 Å². The topological polar surface area (TPSA) is 101 Å². The van der Waals surface area contributed by atoms with Gasteiger partial charge in [0.1, 0.15) is 9.84 Å². The minimum atomic E-state index is -3.10. The number of morpholine rings is 1. The zero-order valence-corrected chi connectivity index (χ0v) is 12.9. The quantitative estimate of drug-likeness (QED) is 0.734. The van der Waals surface area contributed by atoms with Crippen molar-refractivity contribution in [2.24, 2.45) is 5.41 Å². The number of carbonyl (C=O) groups excluding carboxylic acids is 1. The van der Waals surface area contributed by atoms with Gasteiger partial charge in [0.05, 0.1) is 24.9 Å². The first-order valence-corrected chi connectivity index (χ1v) is 9.04. The second kappa shape index (κ2) is 5.92. The highest BCUT2D eigenvalue weighted by Gasteiger charge is 2.47. The second-order valence-electron chi connectivity index (χ2n) is 6.18. The maximum absolute atomic E-state index is 12.3. The maximum atomic E-state index is 12.3. The van der Waals surface area contributed by atoms with E-state index in [1.165, 1.54) is 6.26 Å². The van der Waals surface area contributed by atoms with Crippen molar-refractivity contribution >= 4 is 21.7 Å². The molecule has 2 rings (SSSR count). The van der Waals surface area contributed by atoms with Crippen molar-refractivity contribution < 1.29 is 27.9 Å². The molecule has 0 radical (unpaired) electrons. The molecule has 120 valence electrons. The predicted octanol–water partition coefficient (Wildman–Crippen LogP) is -0.0966. The fourth-order valence-electron chi connectivity index (χ4n) is 2.80. The number of carboxylic acid groups (broad SMARTS) is 1. The van der Waals surface area contributed by atoms with E-state index in [2.05, 4.69) is 0 Å². The van der Waals surface area contributed by atoms with Crippen LogP contribution in [0.15, 0.2) is 0 Å². The van der Waals surface area contributed by atoms with Crippen molar-refractivity contribution in [2.45, 2.75) is 31.8 Å². The third kappa shape index (κ3) is 4.96. The molecule has 1 amide bonds. The lowest BCUT2D eigenvalue weighted by Crippen LogP contribution is -2.47. The molecule has 2 fully saturated rings. The first kappa shape index (κ1) is 16.2. The van der Waals surface area contributed by atoms with Crippen LogP contribution in [0.25, 0.3) is 0 Å². The van der Waals surface area contributed by atoms with Crippen LogP contribution in [0.5, 0.6) is 0 Å². The molecular formula is C13H21NO6S. The molecule has 1 heterocycles. The Morgan fingerprint density at radius 2 is 2.05 bits per heavy atom. The van der Waals surface area contributed by atoms with E-state index in [1.54, 1.807) is 4.90 Å². The molecule has 0 spiro atoms. The Hall–Kier alpha value is -1.15. The molecule has 1 unspecified atom stereocenters. The van der Waals surface area contributed by atoms with Gasteiger partial charge in [0.15, 0.2) is 0 Å². The summed E-state index contributed by atoms with van der Waals surface area (Å²) in [6.45, 7) is 1.02. The largest absolute Gasteiger partial charge is 0.481 e. The third-order valence-corrected chi connectivity index (χ3v) is 5.08. The van der Waals surface area contributed by atoms with Gasteiger partial charge in [0.25, 0.3) is 0 Å². The van der Waals surface area contributed by atoms with Crippen molar-refractivity contribution in [2.75, 3.05) is 31.7 Å². The monoisotopic (exact) mass is 319 g/mol. The fourth-order valence-corrected chi connectivity index (χ4v) is 4.30. The van der Waals surface area contributed by atoms with Crippen molar-refractivity contribution in [3.63, 3.8) is 0 Å². The van der Waals surface area contributed by atoms with Gasteiger partial charge in [-0.3, -0.25) is 9.59 Å². The number of rotatable bonds is 6. The van der Waals surface area contributed by atoms with Gasteiger partial charge >= 0.3 is 5.97 Å². The molecule has 0 bridgehead atoms. The lowest BCUT2D eigenvalue weighted by atomic mass is 10.0. The molecule has 1 N–H and O–H groups in total. The number of nitrogens with zero attached hydrogens (tertiary/aromatic N) is 1. The summed E-state index contributed by atoms with van der Waals surface area (Å²) >= 11 is 0. The Kier molecular flexibility index (Phi) is 4.57. The second-order valence-corrected chi connectivity index (χ2v) is 8.32. The van der Waals surface area contributed by atoms with Gasteiger partial charge in [0.2, 0.25) is 5.91 Å². The van der Waals surface area contributed by atoms with E-state index < -0.39 is 27.3 Å². The normalized spacial score (nSPS) is 24.6. The predicted molar refractivity (Wildman–Crippen MR) is 74.6 cm³/mol. The minimum absolute atomic E-state index is 0.0502. The Labute approximate surface area is 124 Å². The molecule has 1 aliphatic heterocycles. The number of amides is 1. The fraction of sp³-hybridized carbons (Fsp3) is 0.846. The summed E-state index contributed by atoms with van der Waals surface area (Å²) in [5.41, 5.74) is -0.398. The molecule has 7 nitrogen and oxygen atoms in total. The Balaban J connectivity index is 1.90. The van der Waals surface area contributed by atoms with Gasteiger partial charge in [-0.25, -0.2) is 8.42 Å². The smallest absolute Gasteiger partial charge is 0.306 e. The van der Waals surface area contributed by atoms with Crippen LogP contribution in [0.1, 0.15) is 25.7 Å². The number of sulfone groups is 1. The summed E-state index contributed by atoms with van der Waals surface area (Å²) in [5.74, 6) is -1.01. The number of hydrogen-bond donors (Lipinski definition) is 1. The van der Waals surface area contributed by atoms with Crippen molar-refractivity contribution in [1.82, 2.24) is 4.90 Å². The number of carboxylic acids is 1. The van der Waals surface area contributed by atoms with Gasteiger partial charge in [-0.05, 0) is 18.3 Å². The molecule has 1 atom stereocenters. The van der Waals surface area contributed by atoms with Crippen LogP contribution >= 0.6 is 0 Å². The first-order chi connectivity index (χ1) is 9.69. The first-order valence-electron chi connectivity index (χ1n) is 6.98. The van der Waals surface area contributed by atoms with E-state index in [1.807, 2.05) is 0 Å². The Bertz CT molecular complexity index is 525. The molecule has 21 heavy (non-hydrogen) atoms. The zero-order chi connectivity index (χ0) is 15.7. The molecule has 0 aromatic heterocycles. The molecule has 1 saturated heterocycles. The maximum Gasteiger partial charge on any atom is 0.306 e. The summed E-state index contributed by atoms with van der Waals surface area (Å²) in [6.07, 6.45) is 2.32. The molecule has 8 heteroatoms. The van der Waals surface area contributed by atoms with Crippen LogP contribution in [-0.2, 0) is 24.2 Å². The highest BCUT2D eigenvalue weighted by atomic mass is 32.2. The van der Waals surface area contributed by atoms with E-state index >= 15 is 0 Å². The number of aliphatic carboxylic acids is 1. The van der Waals surface area contributed by atoms with Crippen molar-refractivity contribution in [3.05, 3.63) is 0 Å². The number of ether oxygens (including phenoxy) is 1. The zero-order valence-electron chi connectivity index (χ0n) is 12.1. The summed E-state index contributed by atoms with van der Waals surface area (Å²) < 4.78 is 28.1. The van der Waals surface area contributed by atoms with Crippen LogP contribution in [0.4, 0.5) is 0 Å². The van der Waals surface area contributed by atoms with Gasteiger partial charge in [-0.2, -0.15) is 0 Å². The van der Waals surface area contributed by atoms with Crippen molar-refractivity contribution in [3.8, 4) is 0 Å². The molecular weight excluding hydrogens is 298 g/mol. The van der Waals surface area contributed by atoms with Crippen LogP contribution in [0.2, 0.25) is 0 Å². The SMILES string of the molecule is CS(=O)(=O)CC1(CC(=O)N2CCOC(CC(=O)O)C2)CC1. The standard InChI is InChI=1S/C13H21NO6S/c1-21(18,19)9-13(2-3-13)7-11(15)14-4-5-20-10(8-14)6-12(16)17/h10H,2-9H2,1H3,(H,16,17). The lowest BCUT2D eigenvalue weighted by molar-refractivity contribution is -0.148. The van der Waals surface area contributed by atoms with Gasteiger partial charge < -0.3 is 14.7 Å². The van der Waals surface area contributed by atoms with E-state index in [4.69, 9.17) is 9.84 Å². The van der Waals surface area contributed by atoms with Crippen molar-refractivity contribution in [1.29, 1.82) is 0 Å². The molecule has 1 saturated carbocycles. The third-order valence-electron chi connectivity index (χ3n) is 3.95.